The lowest BCUT2D eigenvalue weighted by molar-refractivity contribution is 0.0754. The third-order valence-corrected chi connectivity index (χ3v) is 7.24. The van der Waals surface area contributed by atoms with Gasteiger partial charge in [0.2, 0.25) is 15.9 Å². The minimum Gasteiger partial charge on any atom is -0.412 e. The van der Waals surface area contributed by atoms with Crippen LogP contribution in [0.3, 0.4) is 0 Å². The summed E-state index contributed by atoms with van der Waals surface area (Å²) in [6, 6.07) is 10.7. The van der Waals surface area contributed by atoms with E-state index in [0.29, 0.717) is 18.7 Å². The van der Waals surface area contributed by atoms with Gasteiger partial charge >= 0.3 is 11.8 Å². The van der Waals surface area contributed by atoms with Crippen molar-refractivity contribution in [3.05, 3.63) is 53.2 Å². The summed E-state index contributed by atoms with van der Waals surface area (Å²) < 4.78 is 33.2. The Morgan fingerprint density at radius 2 is 1.93 bits per heavy atom. The Kier molecular flexibility index (Phi) is 5.25. The molecule has 1 saturated heterocycles. The number of nitrogens with zero attached hydrogens (tertiary/aromatic N) is 3. The van der Waals surface area contributed by atoms with Crippen molar-refractivity contribution < 1.29 is 17.6 Å². The first kappa shape index (κ1) is 18.8. The van der Waals surface area contributed by atoms with Crippen molar-refractivity contribution in [2.75, 3.05) is 13.1 Å². The van der Waals surface area contributed by atoms with E-state index in [4.69, 9.17) is 4.42 Å². The molecule has 1 N–H and O–H groups in total. The Labute approximate surface area is 166 Å². The van der Waals surface area contributed by atoms with Crippen LogP contribution < -0.4 is 4.72 Å². The summed E-state index contributed by atoms with van der Waals surface area (Å²) >= 11 is 1.06. The van der Waals surface area contributed by atoms with Crippen molar-refractivity contribution in [2.24, 2.45) is 0 Å². The number of nitrogens with one attached hydrogen (secondary N) is 1. The van der Waals surface area contributed by atoms with E-state index in [9.17, 15) is 13.2 Å². The van der Waals surface area contributed by atoms with E-state index in [1.54, 1.807) is 10.3 Å². The molecule has 0 unspecified atom stereocenters. The number of likely N-dealkylation sites (tertiary alicyclic amines) is 1. The molecule has 0 bridgehead atoms. The molecule has 0 spiro atoms. The standard InChI is InChI=1S/C18H18N4O4S2/c23-18(22-8-4-5-9-22)17-21-20-16(26-17)14-10-15(27-12-14)28(24,25)19-11-13-6-2-1-3-7-13/h1-3,6-7,10,12,19H,4-5,8-9,11H2. The zero-order chi connectivity index (χ0) is 19.6. The van der Waals surface area contributed by atoms with Crippen LogP contribution in [0, 0.1) is 0 Å². The van der Waals surface area contributed by atoms with E-state index in [0.717, 1.165) is 29.7 Å². The second kappa shape index (κ2) is 7.82. The monoisotopic (exact) mass is 418 g/mol. The molecule has 146 valence electrons. The van der Waals surface area contributed by atoms with Crippen LogP contribution in [0.4, 0.5) is 0 Å². The molecule has 2 aromatic heterocycles. The molecule has 0 aliphatic carbocycles. The lowest BCUT2D eigenvalue weighted by atomic mass is 10.2. The van der Waals surface area contributed by atoms with Crippen LogP contribution in [0.5, 0.6) is 0 Å². The quantitative estimate of drug-likeness (QED) is 0.659. The van der Waals surface area contributed by atoms with Crippen molar-refractivity contribution in [2.45, 2.75) is 23.6 Å². The number of rotatable bonds is 6. The second-order valence-corrected chi connectivity index (χ2v) is 9.28. The van der Waals surface area contributed by atoms with Gasteiger partial charge in [0.05, 0.1) is 5.56 Å². The Morgan fingerprint density at radius 1 is 1.18 bits per heavy atom. The largest absolute Gasteiger partial charge is 0.412 e. The minimum atomic E-state index is -3.66. The zero-order valence-electron chi connectivity index (χ0n) is 14.9. The van der Waals surface area contributed by atoms with Gasteiger partial charge < -0.3 is 9.32 Å². The lowest BCUT2D eigenvalue weighted by Gasteiger charge is -2.11. The van der Waals surface area contributed by atoms with Crippen molar-refractivity contribution >= 4 is 27.3 Å². The minimum absolute atomic E-state index is 0.0743. The van der Waals surface area contributed by atoms with Gasteiger partial charge in [0.1, 0.15) is 4.21 Å². The van der Waals surface area contributed by atoms with Gasteiger partial charge in [-0.15, -0.1) is 21.5 Å². The van der Waals surface area contributed by atoms with Gasteiger partial charge in [0.25, 0.3) is 0 Å². The maximum atomic E-state index is 12.5. The summed E-state index contributed by atoms with van der Waals surface area (Å²) in [6.45, 7) is 1.57. The van der Waals surface area contributed by atoms with E-state index >= 15 is 0 Å². The fourth-order valence-corrected chi connectivity index (χ4v) is 5.11. The highest BCUT2D eigenvalue weighted by Gasteiger charge is 2.25. The molecule has 1 aromatic carbocycles. The highest BCUT2D eigenvalue weighted by atomic mass is 32.2. The number of hydrogen-bond acceptors (Lipinski definition) is 7. The van der Waals surface area contributed by atoms with E-state index < -0.39 is 10.0 Å². The smallest absolute Gasteiger partial charge is 0.311 e. The number of sulfonamides is 1. The molecule has 1 fully saturated rings. The predicted octanol–water partition coefficient (Wildman–Crippen LogP) is 2.51. The summed E-state index contributed by atoms with van der Waals surface area (Å²) in [7, 11) is -3.66. The number of carbonyl (C=O) groups excluding carboxylic acids is 1. The van der Waals surface area contributed by atoms with Crippen molar-refractivity contribution in [3.8, 4) is 11.5 Å². The lowest BCUT2D eigenvalue weighted by Crippen LogP contribution is -2.27. The van der Waals surface area contributed by atoms with Crippen LogP contribution >= 0.6 is 11.3 Å². The first-order valence-electron chi connectivity index (χ1n) is 8.78. The van der Waals surface area contributed by atoms with Gasteiger partial charge in [-0.2, -0.15) is 0 Å². The summed E-state index contributed by atoms with van der Waals surface area (Å²) in [5.74, 6) is -0.234. The number of amides is 1. The van der Waals surface area contributed by atoms with Gasteiger partial charge in [-0.05, 0) is 24.5 Å². The summed E-state index contributed by atoms with van der Waals surface area (Å²) in [4.78, 5) is 14.0. The summed E-state index contributed by atoms with van der Waals surface area (Å²) in [5, 5.41) is 9.33. The van der Waals surface area contributed by atoms with Crippen LogP contribution in [0.2, 0.25) is 0 Å². The molecule has 3 aromatic rings. The Bertz CT molecular complexity index is 1070. The van der Waals surface area contributed by atoms with Crippen LogP contribution in [-0.2, 0) is 16.6 Å². The average Bonchev–Trinajstić information content (AvgIpc) is 3.47. The molecular formula is C18H18N4O4S2. The first-order chi connectivity index (χ1) is 13.5. The van der Waals surface area contributed by atoms with E-state index in [2.05, 4.69) is 14.9 Å². The maximum Gasteiger partial charge on any atom is 0.311 e. The van der Waals surface area contributed by atoms with Crippen LogP contribution in [-0.4, -0.2) is 42.5 Å². The average molecular weight is 419 g/mol. The molecule has 1 aliphatic heterocycles. The fourth-order valence-electron chi connectivity index (χ4n) is 2.90. The van der Waals surface area contributed by atoms with Crippen molar-refractivity contribution in [3.63, 3.8) is 0 Å². The molecule has 28 heavy (non-hydrogen) atoms. The second-order valence-electron chi connectivity index (χ2n) is 6.38. The molecule has 1 aliphatic rings. The first-order valence-corrected chi connectivity index (χ1v) is 11.1. The highest BCUT2D eigenvalue weighted by Crippen LogP contribution is 2.28. The molecule has 10 heteroatoms. The molecular weight excluding hydrogens is 400 g/mol. The van der Waals surface area contributed by atoms with Gasteiger partial charge in [0.15, 0.2) is 0 Å². The third-order valence-electron chi connectivity index (χ3n) is 4.40. The maximum absolute atomic E-state index is 12.5. The van der Waals surface area contributed by atoms with Gasteiger partial charge in [0, 0.05) is 25.0 Å². The number of aromatic nitrogens is 2. The summed E-state index contributed by atoms with van der Waals surface area (Å²) in [6.07, 6.45) is 1.93. The summed E-state index contributed by atoms with van der Waals surface area (Å²) in [5.41, 5.74) is 1.34. The van der Waals surface area contributed by atoms with Gasteiger partial charge in [-0.25, -0.2) is 13.1 Å². The van der Waals surface area contributed by atoms with Crippen LogP contribution in [0.25, 0.3) is 11.5 Å². The SMILES string of the molecule is O=C(c1nnc(-c2csc(S(=O)(=O)NCc3ccccc3)c2)o1)N1CCCC1. The highest BCUT2D eigenvalue weighted by molar-refractivity contribution is 7.91. The molecule has 0 saturated carbocycles. The van der Waals surface area contributed by atoms with Crippen LogP contribution in [0.15, 0.2) is 50.4 Å². The van der Waals surface area contributed by atoms with E-state index in [1.807, 2.05) is 30.3 Å². The van der Waals surface area contributed by atoms with E-state index in [-0.39, 0.29) is 28.4 Å². The molecule has 4 rings (SSSR count). The van der Waals surface area contributed by atoms with Crippen LogP contribution in [0.1, 0.15) is 29.1 Å². The fraction of sp³-hybridized carbons (Fsp3) is 0.278. The number of benzene rings is 1. The normalized spacial score (nSPS) is 14.5. The van der Waals surface area contributed by atoms with Crippen molar-refractivity contribution in [1.29, 1.82) is 0 Å². The zero-order valence-corrected chi connectivity index (χ0v) is 16.5. The molecule has 0 atom stereocenters. The number of hydrogen-bond donors (Lipinski definition) is 1. The van der Waals surface area contributed by atoms with Gasteiger partial charge in [-0.3, -0.25) is 4.79 Å². The number of carbonyl (C=O) groups is 1. The Balaban J connectivity index is 1.47. The number of thiophene rings is 1. The Morgan fingerprint density at radius 3 is 2.68 bits per heavy atom. The topological polar surface area (TPSA) is 105 Å². The molecule has 8 nitrogen and oxygen atoms in total. The Hall–Kier alpha value is -2.56. The van der Waals surface area contributed by atoms with E-state index in [1.165, 1.54) is 6.07 Å². The molecule has 1 amide bonds. The molecule has 0 radical (unpaired) electrons. The third kappa shape index (κ3) is 3.98. The van der Waals surface area contributed by atoms with Crippen molar-refractivity contribution in [1.82, 2.24) is 19.8 Å². The molecule has 3 heterocycles. The predicted molar refractivity (Wildman–Crippen MR) is 103 cm³/mol. The van der Waals surface area contributed by atoms with Gasteiger partial charge in [-0.1, -0.05) is 30.3 Å².